The average molecular weight is 284 g/mol. The van der Waals surface area contributed by atoms with Crippen LogP contribution in [0.25, 0.3) is 0 Å². The Labute approximate surface area is 126 Å². The minimum absolute atomic E-state index is 0.0423. The Kier molecular flexibility index (Phi) is 5.67. The lowest BCUT2D eigenvalue weighted by atomic mass is 9.81. The molecule has 0 aromatic carbocycles. The van der Waals surface area contributed by atoms with Gasteiger partial charge in [-0.3, -0.25) is 4.90 Å². The van der Waals surface area contributed by atoms with Crippen LogP contribution >= 0.6 is 0 Å². The molecular formula is C17H36N2O. The summed E-state index contributed by atoms with van der Waals surface area (Å²) in [6.45, 7) is 22.0. The molecule has 3 nitrogen and oxygen atoms in total. The van der Waals surface area contributed by atoms with Crippen molar-refractivity contribution in [1.29, 1.82) is 0 Å². The van der Waals surface area contributed by atoms with Crippen molar-refractivity contribution in [3.63, 3.8) is 0 Å². The molecule has 0 amide bonds. The van der Waals surface area contributed by atoms with E-state index in [2.05, 4.69) is 65.6 Å². The van der Waals surface area contributed by atoms with E-state index in [0.29, 0.717) is 11.5 Å². The van der Waals surface area contributed by atoms with Gasteiger partial charge in [-0.1, -0.05) is 27.7 Å². The molecule has 2 unspecified atom stereocenters. The third-order valence-corrected chi connectivity index (χ3v) is 4.41. The molecule has 1 heterocycles. The van der Waals surface area contributed by atoms with Crippen LogP contribution in [0.4, 0.5) is 0 Å². The fourth-order valence-corrected chi connectivity index (χ4v) is 2.88. The molecule has 0 aromatic heterocycles. The number of rotatable bonds is 4. The quantitative estimate of drug-likeness (QED) is 0.857. The van der Waals surface area contributed by atoms with E-state index in [1.807, 2.05) is 0 Å². The van der Waals surface area contributed by atoms with Crippen molar-refractivity contribution in [2.45, 2.75) is 79.0 Å². The summed E-state index contributed by atoms with van der Waals surface area (Å²) >= 11 is 0. The molecule has 0 saturated carbocycles. The fraction of sp³-hybridized carbons (Fsp3) is 1.00. The van der Waals surface area contributed by atoms with E-state index >= 15 is 0 Å². The van der Waals surface area contributed by atoms with E-state index in [9.17, 15) is 0 Å². The highest BCUT2D eigenvalue weighted by molar-refractivity contribution is 4.98. The van der Waals surface area contributed by atoms with Crippen LogP contribution in [0.1, 0.15) is 61.8 Å². The number of nitrogens with one attached hydrogen (secondary N) is 1. The second kappa shape index (κ2) is 6.33. The molecule has 1 saturated heterocycles. The van der Waals surface area contributed by atoms with Gasteiger partial charge in [0.15, 0.2) is 0 Å². The molecule has 120 valence electrons. The Morgan fingerprint density at radius 1 is 1.20 bits per heavy atom. The van der Waals surface area contributed by atoms with Crippen molar-refractivity contribution in [3.05, 3.63) is 0 Å². The van der Waals surface area contributed by atoms with E-state index in [1.54, 1.807) is 0 Å². The van der Waals surface area contributed by atoms with Crippen molar-refractivity contribution >= 4 is 0 Å². The lowest BCUT2D eigenvalue weighted by Crippen LogP contribution is -2.66. The van der Waals surface area contributed by atoms with Crippen molar-refractivity contribution in [1.82, 2.24) is 10.2 Å². The van der Waals surface area contributed by atoms with Crippen LogP contribution in [-0.4, -0.2) is 48.3 Å². The molecule has 1 fully saturated rings. The summed E-state index contributed by atoms with van der Waals surface area (Å²) in [5, 5.41) is 3.76. The smallest absolute Gasteiger partial charge is 0.0600 e. The molecule has 20 heavy (non-hydrogen) atoms. The Bertz CT molecular complexity index is 303. The van der Waals surface area contributed by atoms with E-state index in [0.717, 1.165) is 26.2 Å². The summed E-state index contributed by atoms with van der Waals surface area (Å²) in [4.78, 5) is 2.63. The molecule has 1 aliphatic rings. The van der Waals surface area contributed by atoms with Gasteiger partial charge >= 0.3 is 0 Å². The summed E-state index contributed by atoms with van der Waals surface area (Å²) in [6, 6.07) is 0.575. The molecule has 1 aliphatic heterocycles. The van der Waals surface area contributed by atoms with Gasteiger partial charge in [-0.05, 0) is 39.5 Å². The highest BCUT2D eigenvalue weighted by atomic mass is 16.5. The van der Waals surface area contributed by atoms with Crippen LogP contribution in [0.3, 0.4) is 0 Å². The van der Waals surface area contributed by atoms with E-state index in [-0.39, 0.29) is 11.1 Å². The predicted octanol–water partition coefficient (Wildman–Crippen LogP) is 3.29. The summed E-state index contributed by atoms with van der Waals surface area (Å²) in [5.74, 6) is 0. The number of hydrogen-bond acceptors (Lipinski definition) is 3. The van der Waals surface area contributed by atoms with Gasteiger partial charge in [0, 0.05) is 31.2 Å². The van der Waals surface area contributed by atoms with Gasteiger partial charge < -0.3 is 10.1 Å². The maximum Gasteiger partial charge on any atom is 0.0600 e. The van der Waals surface area contributed by atoms with Gasteiger partial charge in [-0.25, -0.2) is 0 Å². The molecule has 0 radical (unpaired) electrons. The third kappa shape index (κ3) is 5.34. The van der Waals surface area contributed by atoms with Crippen LogP contribution in [0.2, 0.25) is 0 Å². The first-order valence-electron chi connectivity index (χ1n) is 8.10. The fourth-order valence-electron chi connectivity index (χ4n) is 2.88. The highest BCUT2D eigenvalue weighted by Gasteiger charge is 2.39. The first-order valence-corrected chi connectivity index (χ1v) is 8.10. The Balaban J connectivity index is 2.68. The van der Waals surface area contributed by atoms with Gasteiger partial charge in [0.2, 0.25) is 0 Å². The number of nitrogens with zero attached hydrogens (tertiary/aromatic N) is 1. The van der Waals surface area contributed by atoms with E-state index < -0.39 is 0 Å². The van der Waals surface area contributed by atoms with Gasteiger partial charge in [-0.15, -0.1) is 0 Å². The summed E-state index contributed by atoms with van der Waals surface area (Å²) in [7, 11) is 0. The number of hydrogen-bond donors (Lipinski definition) is 1. The van der Waals surface area contributed by atoms with Gasteiger partial charge in [-0.2, -0.15) is 0 Å². The van der Waals surface area contributed by atoms with Gasteiger partial charge in [0.1, 0.15) is 0 Å². The highest BCUT2D eigenvalue weighted by Crippen LogP contribution is 2.29. The van der Waals surface area contributed by atoms with Crippen molar-refractivity contribution in [3.8, 4) is 0 Å². The Morgan fingerprint density at radius 3 is 2.25 bits per heavy atom. The zero-order chi connectivity index (χ0) is 15.6. The van der Waals surface area contributed by atoms with Crippen LogP contribution in [-0.2, 0) is 4.74 Å². The van der Waals surface area contributed by atoms with Crippen molar-refractivity contribution in [2.24, 2.45) is 5.41 Å². The lowest BCUT2D eigenvalue weighted by molar-refractivity contribution is -0.0399. The average Bonchev–Trinajstić information content (AvgIpc) is 2.25. The summed E-state index contributed by atoms with van der Waals surface area (Å²) < 4.78 is 5.93. The van der Waals surface area contributed by atoms with Crippen LogP contribution in [0.5, 0.6) is 0 Å². The van der Waals surface area contributed by atoms with Crippen LogP contribution in [0, 0.1) is 5.41 Å². The van der Waals surface area contributed by atoms with Crippen molar-refractivity contribution < 1.29 is 4.74 Å². The van der Waals surface area contributed by atoms with E-state index in [1.165, 1.54) is 6.42 Å². The number of piperazine rings is 1. The summed E-state index contributed by atoms with van der Waals surface area (Å²) in [5.41, 5.74) is 0.493. The minimum Gasteiger partial charge on any atom is -0.375 e. The maximum absolute atomic E-state index is 5.93. The molecule has 0 aliphatic carbocycles. The lowest BCUT2D eigenvalue weighted by Gasteiger charge is -2.50. The zero-order valence-corrected chi connectivity index (χ0v) is 15.0. The van der Waals surface area contributed by atoms with Crippen LogP contribution in [0.15, 0.2) is 0 Å². The molecule has 0 bridgehead atoms. The summed E-state index contributed by atoms with van der Waals surface area (Å²) in [6.07, 6.45) is 1.17. The first-order chi connectivity index (χ1) is 8.97. The standard InChI is InChI=1S/C17H36N2O/c1-9-17(8)13-19(10-11-20-16(5,6)7)14(12-18-17)15(2,3)4/h14,18H,9-13H2,1-8H3. The SMILES string of the molecule is CCC1(C)CN(CCOC(C)(C)C)C(C(C)(C)C)CN1. The predicted molar refractivity (Wildman–Crippen MR) is 87.2 cm³/mol. The second-order valence-electron chi connectivity index (χ2n) is 8.61. The number of ether oxygens (including phenoxy) is 1. The van der Waals surface area contributed by atoms with E-state index in [4.69, 9.17) is 4.74 Å². The van der Waals surface area contributed by atoms with Gasteiger partial charge in [0.05, 0.1) is 12.2 Å². The van der Waals surface area contributed by atoms with Gasteiger partial charge in [0.25, 0.3) is 0 Å². The maximum atomic E-state index is 5.93. The molecule has 1 rings (SSSR count). The monoisotopic (exact) mass is 284 g/mol. The largest absolute Gasteiger partial charge is 0.375 e. The molecule has 0 spiro atoms. The topological polar surface area (TPSA) is 24.5 Å². The molecular weight excluding hydrogens is 248 g/mol. The normalized spacial score (nSPS) is 29.7. The minimum atomic E-state index is -0.0423. The Hall–Kier alpha value is -0.120. The molecule has 2 atom stereocenters. The van der Waals surface area contributed by atoms with Crippen molar-refractivity contribution in [2.75, 3.05) is 26.2 Å². The molecule has 0 aromatic rings. The molecule has 3 heteroatoms. The second-order valence-corrected chi connectivity index (χ2v) is 8.61. The third-order valence-electron chi connectivity index (χ3n) is 4.41. The molecule has 1 N–H and O–H groups in total. The van der Waals surface area contributed by atoms with Crippen LogP contribution < -0.4 is 5.32 Å². The Morgan fingerprint density at radius 2 is 1.80 bits per heavy atom. The first kappa shape index (κ1) is 17.9. The zero-order valence-electron chi connectivity index (χ0n) is 15.0.